The summed E-state index contributed by atoms with van der Waals surface area (Å²) in [5.41, 5.74) is 4.44. The lowest BCUT2D eigenvalue weighted by molar-refractivity contribution is 0.795. The van der Waals surface area contributed by atoms with Crippen molar-refractivity contribution in [2.24, 2.45) is 0 Å². The molecule has 0 saturated carbocycles. The summed E-state index contributed by atoms with van der Waals surface area (Å²) in [6, 6.07) is 22.2. The van der Waals surface area contributed by atoms with Crippen LogP contribution in [0.2, 0.25) is 0 Å². The molecule has 0 bridgehead atoms. The zero-order valence-electron chi connectivity index (χ0n) is 20.0. The molecule has 0 saturated heterocycles. The van der Waals surface area contributed by atoms with Gasteiger partial charge in [-0.05, 0) is 44.5 Å². The van der Waals surface area contributed by atoms with Crippen molar-refractivity contribution in [1.29, 1.82) is 0 Å². The van der Waals surface area contributed by atoms with E-state index in [9.17, 15) is 0 Å². The van der Waals surface area contributed by atoms with Gasteiger partial charge >= 0.3 is 0 Å². The number of hydrogen-bond donors (Lipinski definition) is 2. The third-order valence-electron chi connectivity index (χ3n) is 6.74. The number of imidazole rings is 2. The van der Waals surface area contributed by atoms with E-state index < -0.39 is 0 Å². The Morgan fingerprint density at radius 2 is 0.941 bits per heavy atom. The van der Waals surface area contributed by atoms with Crippen molar-refractivity contribution in [3.8, 4) is 22.5 Å². The third kappa shape index (κ3) is 3.29. The summed E-state index contributed by atoms with van der Waals surface area (Å²) in [6.45, 7) is 8.63. The Labute approximate surface area is 199 Å². The van der Waals surface area contributed by atoms with E-state index in [2.05, 4.69) is 108 Å². The van der Waals surface area contributed by atoms with Crippen LogP contribution in [0.1, 0.15) is 51.2 Å². The summed E-state index contributed by atoms with van der Waals surface area (Å²) < 4.78 is 0. The third-order valence-corrected chi connectivity index (χ3v) is 6.74. The first kappa shape index (κ1) is 20.7. The van der Waals surface area contributed by atoms with Gasteiger partial charge in [0.25, 0.3) is 0 Å². The first-order valence-corrected chi connectivity index (χ1v) is 12.0. The Hall–Kier alpha value is -3.92. The lowest BCUT2D eigenvalue weighted by Crippen LogP contribution is -1.90. The van der Waals surface area contributed by atoms with Crippen molar-refractivity contribution >= 4 is 32.3 Å². The maximum absolute atomic E-state index is 4.57. The van der Waals surface area contributed by atoms with Crippen molar-refractivity contribution in [3.63, 3.8) is 0 Å². The van der Waals surface area contributed by atoms with E-state index >= 15 is 0 Å². The highest BCUT2D eigenvalue weighted by atomic mass is 14.9. The fraction of sp³-hybridized carbons (Fsp3) is 0.200. The molecule has 6 aromatic rings. The van der Waals surface area contributed by atoms with Crippen molar-refractivity contribution in [2.45, 2.75) is 39.5 Å². The van der Waals surface area contributed by atoms with Gasteiger partial charge < -0.3 is 9.97 Å². The lowest BCUT2D eigenvalue weighted by atomic mass is 9.91. The van der Waals surface area contributed by atoms with Crippen LogP contribution in [0.4, 0.5) is 0 Å². The summed E-state index contributed by atoms with van der Waals surface area (Å²) in [6.07, 6.45) is 3.89. The Bertz CT molecular complexity index is 1520. The van der Waals surface area contributed by atoms with Gasteiger partial charge in [-0.2, -0.15) is 0 Å². The van der Waals surface area contributed by atoms with Crippen LogP contribution in [-0.2, 0) is 0 Å². The number of fused-ring (bicyclic) bond motifs is 6. The van der Waals surface area contributed by atoms with E-state index in [-0.39, 0.29) is 0 Å². The largest absolute Gasteiger partial charge is 0.342 e. The Balaban J connectivity index is 1.58. The number of benzene rings is 4. The number of hydrogen-bond acceptors (Lipinski definition) is 2. The quantitative estimate of drug-likeness (QED) is 0.269. The van der Waals surface area contributed by atoms with E-state index in [1.807, 2.05) is 12.4 Å². The minimum absolute atomic E-state index is 0.375. The van der Waals surface area contributed by atoms with Crippen LogP contribution in [0.15, 0.2) is 73.1 Å². The molecular formula is C30H28N4. The molecule has 34 heavy (non-hydrogen) atoms. The van der Waals surface area contributed by atoms with E-state index in [0.29, 0.717) is 11.8 Å². The summed E-state index contributed by atoms with van der Waals surface area (Å²) in [4.78, 5) is 16.1. The van der Waals surface area contributed by atoms with Gasteiger partial charge in [0.05, 0.1) is 23.8 Å². The SMILES string of the molecule is CC(C)c1ncc(-c2ccc3c4ccc(-c5cnc(C(C)C)[nH]5)cc4c4ccccc4c3c2)[nH]1. The maximum atomic E-state index is 4.57. The van der Waals surface area contributed by atoms with Gasteiger partial charge in [0, 0.05) is 23.0 Å². The average molecular weight is 445 g/mol. The molecule has 2 aromatic heterocycles. The molecule has 0 unspecified atom stereocenters. The van der Waals surface area contributed by atoms with Crippen LogP contribution in [0, 0.1) is 0 Å². The molecule has 4 aromatic carbocycles. The molecule has 0 atom stereocenters. The second-order valence-corrected chi connectivity index (χ2v) is 9.74. The Morgan fingerprint density at radius 1 is 0.529 bits per heavy atom. The number of nitrogens with zero attached hydrogens (tertiary/aromatic N) is 2. The Kier molecular flexibility index (Phi) is 4.77. The summed E-state index contributed by atoms with van der Waals surface area (Å²) in [5, 5.41) is 7.58. The van der Waals surface area contributed by atoms with Gasteiger partial charge in [0.2, 0.25) is 0 Å². The van der Waals surface area contributed by atoms with Crippen molar-refractivity contribution < 1.29 is 0 Å². The molecule has 2 heterocycles. The highest BCUT2D eigenvalue weighted by molar-refractivity contribution is 6.26. The van der Waals surface area contributed by atoms with Gasteiger partial charge in [-0.1, -0.05) is 76.2 Å². The average Bonchev–Trinajstić information content (AvgIpc) is 3.54. The van der Waals surface area contributed by atoms with Crippen LogP contribution in [0.3, 0.4) is 0 Å². The number of aromatic amines is 2. The van der Waals surface area contributed by atoms with E-state index in [1.54, 1.807) is 0 Å². The lowest BCUT2D eigenvalue weighted by Gasteiger charge is -2.13. The molecule has 0 amide bonds. The number of aromatic nitrogens is 4. The molecule has 0 aliphatic heterocycles. The zero-order valence-corrected chi connectivity index (χ0v) is 20.0. The number of rotatable bonds is 4. The topological polar surface area (TPSA) is 57.4 Å². The van der Waals surface area contributed by atoms with Gasteiger partial charge in [-0.25, -0.2) is 9.97 Å². The highest BCUT2D eigenvalue weighted by Gasteiger charge is 2.13. The molecule has 4 heteroatoms. The fourth-order valence-electron chi connectivity index (χ4n) is 4.85. The van der Waals surface area contributed by atoms with E-state index in [4.69, 9.17) is 0 Å². The minimum atomic E-state index is 0.375. The van der Waals surface area contributed by atoms with Gasteiger partial charge in [-0.3, -0.25) is 0 Å². The highest BCUT2D eigenvalue weighted by Crippen LogP contribution is 2.38. The smallest absolute Gasteiger partial charge is 0.109 e. The van der Waals surface area contributed by atoms with Gasteiger partial charge in [0.15, 0.2) is 0 Å². The summed E-state index contributed by atoms with van der Waals surface area (Å²) >= 11 is 0. The van der Waals surface area contributed by atoms with Crippen molar-refractivity contribution in [1.82, 2.24) is 19.9 Å². The second kappa shape index (κ2) is 7.84. The van der Waals surface area contributed by atoms with Crippen LogP contribution < -0.4 is 0 Å². The Morgan fingerprint density at radius 3 is 1.32 bits per heavy atom. The van der Waals surface area contributed by atoms with E-state index in [0.717, 1.165) is 34.2 Å². The molecule has 4 nitrogen and oxygen atoms in total. The second-order valence-electron chi connectivity index (χ2n) is 9.74. The van der Waals surface area contributed by atoms with Gasteiger partial charge in [0.1, 0.15) is 11.6 Å². The molecular weight excluding hydrogens is 416 g/mol. The first-order valence-electron chi connectivity index (χ1n) is 12.0. The molecule has 6 rings (SSSR count). The molecule has 168 valence electrons. The summed E-state index contributed by atoms with van der Waals surface area (Å²) in [7, 11) is 0. The molecule has 0 fully saturated rings. The minimum Gasteiger partial charge on any atom is -0.342 e. The van der Waals surface area contributed by atoms with E-state index in [1.165, 1.54) is 32.3 Å². The maximum Gasteiger partial charge on any atom is 0.109 e. The molecule has 0 aliphatic rings. The zero-order chi connectivity index (χ0) is 23.4. The molecule has 0 radical (unpaired) electrons. The normalized spacial score (nSPS) is 12.1. The number of nitrogens with one attached hydrogen (secondary N) is 2. The molecule has 2 N–H and O–H groups in total. The van der Waals surface area contributed by atoms with Crippen LogP contribution in [0.5, 0.6) is 0 Å². The predicted octanol–water partition coefficient (Wildman–Crippen LogP) is 8.17. The first-order chi connectivity index (χ1) is 16.5. The van der Waals surface area contributed by atoms with Crippen LogP contribution in [0.25, 0.3) is 54.8 Å². The fourth-order valence-corrected chi connectivity index (χ4v) is 4.85. The summed E-state index contributed by atoms with van der Waals surface area (Å²) in [5.74, 6) is 2.79. The van der Waals surface area contributed by atoms with Crippen LogP contribution in [-0.4, -0.2) is 19.9 Å². The predicted molar refractivity (Wildman–Crippen MR) is 142 cm³/mol. The van der Waals surface area contributed by atoms with Crippen molar-refractivity contribution in [2.75, 3.05) is 0 Å². The number of H-pyrrole nitrogens is 2. The van der Waals surface area contributed by atoms with Crippen molar-refractivity contribution in [3.05, 3.63) is 84.7 Å². The van der Waals surface area contributed by atoms with Crippen LogP contribution >= 0.6 is 0 Å². The molecule has 0 aliphatic carbocycles. The standard InChI is InChI=1S/C30H28N4/c1-17(2)29-31-15-27(33-29)19-9-11-23-24-12-10-20(28-16-32-30(34-28)18(3)4)14-26(24)22-8-6-5-7-21(22)25(23)13-19/h5-18H,1-4H3,(H,31,33)(H,32,34). The monoisotopic (exact) mass is 444 g/mol. The van der Waals surface area contributed by atoms with Gasteiger partial charge in [-0.15, -0.1) is 0 Å². The molecule has 0 spiro atoms.